The Morgan fingerprint density at radius 1 is 1.06 bits per heavy atom. The number of nitrogens with one attached hydrogen (secondary N) is 1. The molecule has 1 N–H and O–H groups in total. The highest BCUT2D eigenvalue weighted by Crippen LogP contribution is 2.35. The van der Waals surface area contributed by atoms with Crippen molar-refractivity contribution >= 4 is 54.8 Å². The van der Waals surface area contributed by atoms with Crippen LogP contribution in [-0.4, -0.2) is 4.98 Å². The maximum atomic E-state index is 5.46. The van der Waals surface area contributed by atoms with Crippen LogP contribution in [0.2, 0.25) is 0 Å². The zero-order valence-electron chi connectivity index (χ0n) is 8.69. The van der Waals surface area contributed by atoms with Gasteiger partial charge in [-0.25, -0.2) is 0 Å². The van der Waals surface area contributed by atoms with E-state index in [0.29, 0.717) is 4.84 Å². The van der Waals surface area contributed by atoms with E-state index in [1.54, 1.807) is 11.3 Å². The summed E-state index contributed by atoms with van der Waals surface area (Å²) in [6.45, 7) is 0. The van der Waals surface area contributed by atoms with Crippen LogP contribution in [0, 0.1) is 4.84 Å². The van der Waals surface area contributed by atoms with E-state index in [1.165, 1.54) is 20.2 Å². The number of aromatic amines is 1. The summed E-state index contributed by atoms with van der Waals surface area (Å²) in [7, 11) is 0. The van der Waals surface area contributed by atoms with E-state index in [1.807, 2.05) is 0 Å². The summed E-state index contributed by atoms with van der Waals surface area (Å²) in [5, 5.41) is 2.51. The molecule has 0 fully saturated rings. The lowest BCUT2D eigenvalue weighted by molar-refractivity contribution is 0.584. The zero-order chi connectivity index (χ0) is 11.4. The molecule has 0 spiro atoms. The van der Waals surface area contributed by atoms with E-state index < -0.39 is 0 Å². The van der Waals surface area contributed by atoms with E-state index in [9.17, 15) is 0 Å². The molecule has 2 aromatic carbocycles. The summed E-state index contributed by atoms with van der Waals surface area (Å²) in [6.07, 6.45) is 0. The third-order valence-electron chi connectivity index (χ3n) is 2.92. The Balaban J connectivity index is 2.30. The van der Waals surface area contributed by atoms with Gasteiger partial charge in [0.05, 0.1) is 5.52 Å². The molecule has 2 aromatic heterocycles. The number of fused-ring (bicyclic) bond motifs is 4. The van der Waals surface area contributed by atoms with Crippen molar-refractivity contribution in [1.29, 1.82) is 0 Å². The van der Waals surface area contributed by atoms with Crippen molar-refractivity contribution < 1.29 is 4.42 Å². The molecule has 0 bridgehead atoms. The van der Waals surface area contributed by atoms with Gasteiger partial charge in [0.15, 0.2) is 5.58 Å². The first-order valence-corrected chi connectivity index (χ1v) is 6.48. The molecule has 0 unspecified atom stereocenters. The second-order valence-corrected chi connectivity index (χ2v) is 5.41. The van der Waals surface area contributed by atoms with E-state index in [0.717, 1.165) is 11.1 Å². The van der Waals surface area contributed by atoms with Crippen LogP contribution >= 0.6 is 23.6 Å². The second kappa shape index (κ2) is 3.18. The Bertz CT molecular complexity index is 913. The first-order valence-electron chi connectivity index (χ1n) is 5.25. The standard InChI is InChI=1S/C13H7NOS2/c16-13-14-9-6-12-8(5-10(9)15-13)7-3-1-2-4-11(7)17-12/h1-6H,(H,14,16). The molecule has 0 amide bonds. The quantitative estimate of drug-likeness (QED) is 0.456. The SMILES string of the molecule is S=c1[nH]c2cc3sc4ccccc4c3cc2o1. The fraction of sp³-hybridized carbons (Fsp3) is 0. The number of hydrogen-bond donors (Lipinski definition) is 1. The number of thiophene rings is 1. The summed E-state index contributed by atoms with van der Waals surface area (Å²) in [5.74, 6) is 0. The van der Waals surface area contributed by atoms with Gasteiger partial charge in [0.1, 0.15) is 0 Å². The molecule has 2 nitrogen and oxygen atoms in total. The van der Waals surface area contributed by atoms with Crippen molar-refractivity contribution in [2.24, 2.45) is 0 Å². The van der Waals surface area contributed by atoms with Crippen molar-refractivity contribution in [1.82, 2.24) is 4.98 Å². The first kappa shape index (κ1) is 9.39. The molecule has 0 saturated carbocycles. The Hall–Kier alpha value is -1.65. The number of rotatable bonds is 0. The third kappa shape index (κ3) is 1.28. The number of aromatic nitrogens is 1. The molecular weight excluding hydrogens is 250 g/mol. The van der Waals surface area contributed by atoms with E-state index in [4.69, 9.17) is 16.6 Å². The molecule has 0 atom stereocenters. The summed E-state index contributed by atoms with van der Waals surface area (Å²) in [4.78, 5) is 3.48. The van der Waals surface area contributed by atoms with E-state index >= 15 is 0 Å². The van der Waals surface area contributed by atoms with Crippen molar-refractivity contribution in [2.75, 3.05) is 0 Å². The molecule has 4 aromatic rings. The van der Waals surface area contributed by atoms with Gasteiger partial charge >= 0.3 is 0 Å². The predicted molar refractivity (Wildman–Crippen MR) is 74.3 cm³/mol. The molecule has 2 heterocycles. The minimum absolute atomic E-state index is 0.432. The summed E-state index contributed by atoms with van der Waals surface area (Å²) in [6, 6.07) is 12.6. The number of H-pyrrole nitrogens is 1. The van der Waals surface area contributed by atoms with Crippen molar-refractivity contribution in [3.05, 3.63) is 41.2 Å². The van der Waals surface area contributed by atoms with Gasteiger partial charge in [0, 0.05) is 20.2 Å². The Kier molecular flexibility index (Phi) is 1.76. The van der Waals surface area contributed by atoms with E-state index in [2.05, 4.69) is 41.4 Å². The smallest absolute Gasteiger partial charge is 0.266 e. The van der Waals surface area contributed by atoms with Crippen LogP contribution < -0.4 is 0 Å². The van der Waals surface area contributed by atoms with Crippen LogP contribution in [0.25, 0.3) is 31.3 Å². The number of benzene rings is 2. The zero-order valence-corrected chi connectivity index (χ0v) is 10.3. The number of oxazole rings is 1. The highest BCUT2D eigenvalue weighted by molar-refractivity contribution is 7.71. The second-order valence-electron chi connectivity index (χ2n) is 3.96. The van der Waals surface area contributed by atoms with Gasteiger partial charge < -0.3 is 9.40 Å². The number of hydrogen-bond acceptors (Lipinski definition) is 3. The largest absolute Gasteiger partial charge is 0.429 e. The molecule has 17 heavy (non-hydrogen) atoms. The van der Waals surface area contributed by atoms with Gasteiger partial charge in [-0.2, -0.15) is 0 Å². The van der Waals surface area contributed by atoms with Crippen molar-refractivity contribution in [2.45, 2.75) is 0 Å². The summed E-state index contributed by atoms with van der Waals surface area (Å²) >= 11 is 6.79. The van der Waals surface area contributed by atoms with E-state index in [-0.39, 0.29) is 0 Å². The highest BCUT2D eigenvalue weighted by atomic mass is 32.1. The maximum Gasteiger partial charge on any atom is 0.266 e. The minimum Gasteiger partial charge on any atom is -0.429 e. The lowest BCUT2D eigenvalue weighted by Gasteiger charge is -1.90. The maximum absolute atomic E-state index is 5.46. The van der Waals surface area contributed by atoms with Crippen LogP contribution in [0.15, 0.2) is 40.8 Å². The van der Waals surface area contributed by atoms with Crippen LogP contribution in [0.5, 0.6) is 0 Å². The van der Waals surface area contributed by atoms with Crippen LogP contribution in [-0.2, 0) is 0 Å². The Labute approximate surface area is 105 Å². The fourth-order valence-corrected chi connectivity index (χ4v) is 3.50. The van der Waals surface area contributed by atoms with Crippen LogP contribution in [0.3, 0.4) is 0 Å². The van der Waals surface area contributed by atoms with Gasteiger partial charge in [0.2, 0.25) is 0 Å². The van der Waals surface area contributed by atoms with Gasteiger partial charge in [-0.1, -0.05) is 18.2 Å². The third-order valence-corrected chi connectivity index (χ3v) is 4.24. The minimum atomic E-state index is 0.432. The molecule has 0 aliphatic carbocycles. The van der Waals surface area contributed by atoms with Gasteiger partial charge in [-0.05, 0) is 30.4 Å². The summed E-state index contributed by atoms with van der Waals surface area (Å²) < 4.78 is 8.01. The molecule has 0 radical (unpaired) electrons. The molecule has 0 aliphatic rings. The van der Waals surface area contributed by atoms with Crippen molar-refractivity contribution in [3.63, 3.8) is 0 Å². The highest BCUT2D eigenvalue weighted by Gasteiger charge is 2.07. The Morgan fingerprint density at radius 3 is 2.88 bits per heavy atom. The monoisotopic (exact) mass is 257 g/mol. The molecule has 4 heteroatoms. The van der Waals surface area contributed by atoms with Crippen LogP contribution in [0.4, 0.5) is 0 Å². The van der Waals surface area contributed by atoms with Crippen LogP contribution in [0.1, 0.15) is 0 Å². The van der Waals surface area contributed by atoms with Crippen molar-refractivity contribution in [3.8, 4) is 0 Å². The fourth-order valence-electron chi connectivity index (χ4n) is 2.17. The summed E-state index contributed by atoms with van der Waals surface area (Å²) in [5.41, 5.74) is 1.79. The van der Waals surface area contributed by atoms with Gasteiger partial charge in [-0.15, -0.1) is 11.3 Å². The molecule has 82 valence electrons. The lowest BCUT2D eigenvalue weighted by atomic mass is 10.1. The van der Waals surface area contributed by atoms with Gasteiger partial charge in [0.25, 0.3) is 4.84 Å². The average molecular weight is 257 g/mol. The van der Waals surface area contributed by atoms with Gasteiger partial charge in [-0.3, -0.25) is 0 Å². The molecule has 0 aliphatic heterocycles. The average Bonchev–Trinajstić information content (AvgIpc) is 2.84. The topological polar surface area (TPSA) is 28.9 Å². The molecule has 4 rings (SSSR count). The normalized spacial score (nSPS) is 11.8. The lowest BCUT2D eigenvalue weighted by Crippen LogP contribution is -1.68. The molecule has 0 saturated heterocycles. The molecular formula is C13H7NOS2. The Morgan fingerprint density at radius 2 is 1.94 bits per heavy atom. The first-order chi connectivity index (χ1) is 8.31. The predicted octanol–water partition coefficient (Wildman–Crippen LogP) is 4.86.